The molecule has 3 aromatic rings. The summed E-state index contributed by atoms with van der Waals surface area (Å²) in [6.07, 6.45) is 0. The Balaban J connectivity index is 1.87. The first-order valence-electron chi connectivity index (χ1n) is 9.54. The van der Waals surface area contributed by atoms with E-state index in [4.69, 9.17) is 11.6 Å². The molecule has 0 radical (unpaired) electrons. The van der Waals surface area contributed by atoms with Crippen LogP contribution in [0.3, 0.4) is 0 Å². The summed E-state index contributed by atoms with van der Waals surface area (Å²) in [4.78, 5) is 17.2. The fraction of sp³-hybridized carbons (Fsp3) is 0.227. The number of aryl methyl sites for hydroxylation is 2. The van der Waals surface area contributed by atoms with Gasteiger partial charge in [-0.2, -0.15) is 5.10 Å². The minimum atomic E-state index is -0.392. The zero-order valence-corrected chi connectivity index (χ0v) is 17.8. The van der Waals surface area contributed by atoms with E-state index in [1.807, 2.05) is 25.5 Å². The van der Waals surface area contributed by atoms with Gasteiger partial charge in [-0.3, -0.25) is 14.8 Å². The van der Waals surface area contributed by atoms with Gasteiger partial charge >= 0.3 is 0 Å². The Bertz CT molecular complexity index is 1090. The van der Waals surface area contributed by atoms with Gasteiger partial charge in [0.2, 0.25) is 5.96 Å². The van der Waals surface area contributed by atoms with Crippen molar-refractivity contribution < 1.29 is 9.18 Å². The Labute approximate surface area is 179 Å². The van der Waals surface area contributed by atoms with Crippen LogP contribution < -0.4 is 10.6 Å². The molecule has 8 heteroatoms. The molecule has 0 aliphatic heterocycles. The minimum Gasteiger partial charge on any atom is -0.326 e. The Morgan fingerprint density at radius 2 is 1.97 bits per heavy atom. The highest BCUT2D eigenvalue weighted by Crippen LogP contribution is 2.15. The zero-order chi connectivity index (χ0) is 21.7. The lowest BCUT2D eigenvalue weighted by molar-refractivity contribution is 0.0977. The van der Waals surface area contributed by atoms with Crippen LogP contribution in [0, 0.1) is 19.7 Å². The standard InChI is InChI=1S/C22H23ClFN5O/c1-4-29-15(3)20(14(2)28-29)13-25-22(26-19-10-6-9-18(24)12-19)27-21(30)16-7-5-8-17(23)11-16/h5-12H,4,13H2,1-3H3,(H2,25,26,27,30). The van der Waals surface area contributed by atoms with Crippen LogP contribution >= 0.6 is 11.6 Å². The van der Waals surface area contributed by atoms with Gasteiger partial charge in [-0.25, -0.2) is 9.38 Å². The molecule has 6 nitrogen and oxygen atoms in total. The molecule has 0 saturated carbocycles. The topological polar surface area (TPSA) is 71.3 Å². The van der Waals surface area contributed by atoms with E-state index >= 15 is 0 Å². The predicted octanol–water partition coefficient (Wildman–Crippen LogP) is 4.71. The summed E-state index contributed by atoms with van der Waals surface area (Å²) in [5.74, 6) is -0.567. The second kappa shape index (κ2) is 9.54. The summed E-state index contributed by atoms with van der Waals surface area (Å²) in [5, 5.41) is 10.7. The number of nitrogens with one attached hydrogen (secondary N) is 2. The van der Waals surface area contributed by atoms with Crippen molar-refractivity contribution in [1.82, 2.24) is 15.1 Å². The fourth-order valence-electron chi connectivity index (χ4n) is 3.05. The third-order valence-corrected chi connectivity index (χ3v) is 4.87. The SMILES string of the molecule is CCn1nc(C)c(CN=C(NC(=O)c2cccc(Cl)c2)Nc2cccc(F)c2)c1C. The summed E-state index contributed by atoms with van der Waals surface area (Å²) >= 11 is 5.99. The van der Waals surface area contributed by atoms with Crippen LogP contribution in [-0.2, 0) is 13.1 Å². The van der Waals surface area contributed by atoms with Crippen molar-refractivity contribution in [2.75, 3.05) is 5.32 Å². The number of aromatic nitrogens is 2. The van der Waals surface area contributed by atoms with Crippen LogP contribution in [0.25, 0.3) is 0 Å². The first kappa shape index (κ1) is 21.5. The highest BCUT2D eigenvalue weighted by Gasteiger charge is 2.13. The van der Waals surface area contributed by atoms with Gasteiger partial charge < -0.3 is 5.32 Å². The average Bonchev–Trinajstić information content (AvgIpc) is 2.99. The van der Waals surface area contributed by atoms with Crippen molar-refractivity contribution in [3.8, 4) is 0 Å². The number of benzene rings is 2. The quantitative estimate of drug-likeness (QED) is 0.457. The predicted molar refractivity (Wildman–Crippen MR) is 117 cm³/mol. The van der Waals surface area contributed by atoms with Crippen molar-refractivity contribution in [3.63, 3.8) is 0 Å². The van der Waals surface area contributed by atoms with Crippen LogP contribution in [0.2, 0.25) is 5.02 Å². The smallest absolute Gasteiger partial charge is 0.258 e. The lowest BCUT2D eigenvalue weighted by Gasteiger charge is -2.12. The van der Waals surface area contributed by atoms with Gasteiger partial charge in [-0.15, -0.1) is 0 Å². The maximum atomic E-state index is 13.6. The molecule has 0 spiro atoms. The van der Waals surface area contributed by atoms with Gasteiger partial charge in [-0.1, -0.05) is 23.7 Å². The van der Waals surface area contributed by atoms with Gasteiger partial charge in [0.25, 0.3) is 5.91 Å². The highest BCUT2D eigenvalue weighted by molar-refractivity contribution is 6.31. The molecule has 0 aliphatic carbocycles. The number of aliphatic imine (C=N–C) groups is 1. The molecule has 0 fully saturated rings. The van der Waals surface area contributed by atoms with Crippen molar-refractivity contribution in [1.29, 1.82) is 0 Å². The first-order chi connectivity index (χ1) is 14.4. The number of halogens is 2. The van der Waals surface area contributed by atoms with E-state index in [1.54, 1.807) is 36.4 Å². The average molecular weight is 428 g/mol. The van der Waals surface area contributed by atoms with E-state index < -0.39 is 5.82 Å². The maximum absolute atomic E-state index is 13.6. The fourth-order valence-corrected chi connectivity index (χ4v) is 3.24. The Morgan fingerprint density at radius 1 is 1.20 bits per heavy atom. The lowest BCUT2D eigenvalue weighted by atomic mass is 10.2. The van der Waals surface area contributed by atoms with Crippen molar-refractivity contribution >= 4 is 29.2 Å². The largest absolute Gasteiger partial charge is 0.326 e. The molecule has 0 atom stereocenters. The summed E-state index contributed by atoms with van der Waals surface area (Å²) in [7, 11) is 0. The number of carbonyl (C=O) groups excluding carboxylic acids is 1. The number of hydrogen-bond donors (Lipinski definition) is 2. The maximum Gasteiger partial charge on any atom is 0.258 e. The molecule has 3 rings (SSSR count). The molecule has 0 bridgehead atoms. The molecule has 1 heterocycles. The summed E-state index contributed by atoms with van der Waals surface area (Å²) < 4.78 is 15.5. The molecule has 2 aromatic carbocycles. The van der Waals surface area contributed by atoms with Gasteiger partial charge in [0.15, 0.2) is 0 Å². The molecular weight excluding hydrogens is 405 g/mol. The number of rotatable bonds is 5. The van der Waals surface area contributed by atoms with Crippen LogP contribution in [0.1, 0.15) is 34.2 Å². The Morgan fingerprint density at radius 3 is 2.63 bits per heavy atom. The van der Waals surface area contributed by atoms with Crippen LogP contribution in [0.4, 0.5) is 10.1 Å². The third-order valence-electron chi connectivity index (χ3n) is 4.63. The van der Waals surface area contributed by atoms with Crippen molar-refractivity contribution in [2.24, 2.45) is 4.99 Å². The van der Waals surface area contributed by atoms with Gasteiger partial charge in [-0.05, 0) is 57.2 Å². The second-order valence-electron chi connectivity index (χ2n) is 6.73. The zero-order valence-electron chi connectivity index (χ0n) is 17.0. The van der Waals surface area contributed by atoms with Crippen LogP contribution in [0.15, 0.2) is 53.5 Å². The molecule has 0 unspecified atom stereocenters. The summed E-state index contributed by atoms with van der Waals surface area (Å²) in [6, 6.07) is 12.5. The second-order valence-corrected chi connectivity index (χ2v) is 7.17. The van der Waals surface area contributed by atoms with Crippen LogP contribution in [0.5, 0.6) is 0 Å². The number of anilines is 1. The number of hydrogen-bond acceptors (Lipinski definition) is 3. The monoisotopic (exact) mass is 427 g/mol. The summed E-state index contributed by atoms with van der Waals surface area (Å²) in [5.41, 5.74) is 3.74. The molecule has 0 aliphatic rings. The number of guanidine groups is 1. The van der Waals surface area contributed by atoms with E-state index in [1.165, 1.54) is 12.1 Å². The van der Waals surface area contributed by atoms with E-state index in [2.05, 4.69) is 20.7 Å². The van der Waals surface area contributed by atoms with Gasteiger partial charge in [0.1, 0.15) is 5.82 Å². The van der Waals surface area contributed by atoms with Crippen molar-refractivity contribution in [3.05, 3.63) is 81.9 Å². The molecule has 1 aromatic heterocycles. The first-order valence-corrected chi connectivity index (χ1v) is 9.92. The molecule has 0 saturated heterocycles. The van der Waals surface area contributed by atoms with Crippen LogP contribution in [-0.4, -0.2) is 21.6 Å². The minimum absolute atomic E-state index is 0.202. The van der Waals surface area contributed by atoms with Gasteiger partial charge in [0, 0.05) is 34.1 Å². The van der Waals surface area contributed by atoms with E-state index in [9.17, 15) is 9.18 Å². The molecule has 30 heavy (non-hydrogen) atoms. The van der Waals surface area contributed by atoms with E-state index in [0.29, 0.717) is 22.8 Å². The number of nitrogens with zero attached hydrogens (tertiary/aromatic N) is 3. The molecule has 1 amide bonds. The Kier molecular flexibility index (Phi) is 6.84. The van der Waals surface area contributed by atoms with E-state index in [-0.39, 0.29) is 11.9 Å². The normalized spacial score (nSPS) is 11.4. The number of amides is 1. The molecule has 156 valence electrons. The van der Waals surface area contributed by atoms with E-state index in [0.717, 1.165) is 23.5 Å². The molecular formula is C22H23ClFN5O. The highest BCUT2D eigenvalue weighted by atomic mass is 35.5. The van der Waals surface area contributed by atoms with Crippen molar-refractivity contribution in [2.45, 2.75) is 33.9 Å². The Hall–Kier alpha value is -3.19. The summed E-state index contributed by atoms with van der Waals surface area (Å²) in [6.45, 7) is 7.00. The van der Waals surface area contributed by atoms with Gasteiger partial charge in [0.05, 0.1) is 12.2 Å². The number of carbonyl (C=O) groups is 1. The molecule has 2 N–H and O–H groups in total. The lowest BCUT2D eigenvalue weighted by Crippen LogP contribution is -2.36. The third kappa shape index (κ3) is 5.24.